The van der Waals surface area contributed by atoms with Gasteiger partial charge in [0.2, 0.25) is 5.60 Å². The molecule has 112 valence electrons. The van der Waals surface area contributed by atoms with Crippen LogP contribution in [0.3, 0.4) is 0 Å². The summed E-state index contributed by atoms with van der Waals surface area (Å²) in [6.07, 6.45) is 7.40. The highest BCUT2D eigenvalue weighted by atomic mass is 16.5. The van der Waals surface area contributed by atoms with E-state index in [4.69, 9.17) is 4.74 Å². The average Bonchev–Trinajstić information content (AvgIpc) is 2.43. The van der Waals surface area contributed by atoms with Crippen molar-refractivity contribution in [1.82, 2.24) is 0 Å². The molecule has 0 spiro atoms. The average molecular weight is 278 g/mol. The molecule has 0 saturated heterocycles. The summed E-state index contributed by atoms with van der Waals surface area (Å²) in [7, 11) is 0. The second-order valence-corrected chi connectivity index (χ2v) is 5.47. The van der Waals surface area contributed by atoms with Crippen LogP contribution in [0.1, 0.15) is 58.8 Å². The van der Waals surface area contributed by atoms with E-state index in [-0.39, 0.29) is 0 Å². The van der Waals surface area contributed by atoms with Crippen LogP contribution in [-0.2, 0) is 4.79 Å². The molecule has 1 rings (SSSR count). The van der Waals surface area contributed by atoms with E-state index in [1.165, 1.54) is 25.7 Å². The van der Waals surface area contributed by atoms with Crippen LogP contribution in [0.2, 0.25) is 0 Å². The third-order valence-electron chi connectivity index (χ3n) is 3.55. The van der Waals surface area contributed by atoms with Crippen molar-refractivity contribution in [3.05, 3.63) is 30.3 Å². The summed E-state index contributed by atoms with van der Waals surface area (Å²) < 4.78 is 5.69. The maximum absolute atomic E-state index is 11.5. The Labute approximate surface area is 122 Å². The molecule has 0 aliphatic heterocycles. The first-order chi connectivity index (χ1) is 9.58. The molecule has 0 bridgehead atoms. The lowest BCUT2D eigenvalue weighted by Gasteiger charge is -2.26. The number of carbonyl (C=O) groups is 1. The van der Waals surface area contributed by atoms with Crippen molar-refractivity contribution in [2.45, 2.75) is 64.4 Å². The van der Waals surface area contributed by atoms with Gasteiger partial charge in [0.25, 0.3) is 0 Å². The first-order valence-corrected chi connectivity index (χ1v) is 7.56. The van der Waals surface area contributed by atoms with Crippen molar-refractivity contribution in [1.29, 1.82) is 0 Å². The Kier molecular flexibility index (Phi) is 7.13. The molecule has 1 N–H and O–H groups in total. The molecule has 1 aromatic carbocycles. The molecule has 0 aliphatic carbocycles. The highest BCUT2D eigenvalue weighted by Gasteiger charge is 2.34. The molecule has 0 fully saturated rings. The van der Waals surface area contributed by atoms with Gasteiger partial charge in [0.15, 0.2) is 0 Å². The van der Waals surface area contributed by atoms with Gasteiger partial charge >= 0.3 is 5.97 Å². The maximum atomic E-state index is 11.5. The monoisotopic (exact) mass is 278 g/mol. The lowest BCUT2D eigenvalue weighted by Crippen LogP contribution is -2.41. The minimum absolute atomic E-state index is 0.545. The van der Waals surface area contributed by atoms with E-state index in [0.717, 1.165) is 12.8 Å². The van der Waals surface area contributed by atoms with Gasteiger partial charge in [0, 0.05) is 0 Å². The Bertz CT molecular complexity index is 388. The first kappa shape index (κ1) is 16.5. The number of hydrogen-bond donors (Lipinski definition) is 1. The SMILES string of the molecule is CCCCCCCCC(C)(Oc1ccccc1)C(=O)O. The molecule has 20 heavy (non-hydrogen) atoms. The van der Waals surface area contributed by atoms with Crippen LogP contribution >= 0.6 is 0 Å². The quantitative estimate of drug-likeness (QED) is 0.633. The minimum atomic E-state index is -1.13. The van der Waals surface area contributed by atoms with E-state index >= 15 is 0 Å². The predicted octanol–water partition coefficient (Wildman–Crippen LogP) is 4.66. The van der Waals surface area contributed by atoms with Crippen LogP contribution in [0.25, 0.3) is 0 Å². The summed E-state index contributed by atoms with van der Waals surface area (Å²) in [5.74, 6) is -0.279. The number of aliphatic carboxylic acids is 1. The zero-order valence-electron chi connectivity index (χ0n) is 12.6. The highest BCUT2D eigenvalue weighted by Crippen LogP contribution is 2.24. The van der Waals surface area contributed by atoms with Gasteiger partial charge in [-0.25, -0.2) is 4.79 Å². The van der Waals surface area contributed by atoms with Gasteiger partial charge in [0.1, 0.15) is 5.75 Å². The zero-order chi connectivity index (χ0) is 14.8. The molecule has 0 amide bonds. The number of hydrogen-bond acceptors (Lipinski definition) is 2. The van der Waals surface area contributed by atoms with Gasteiger partial charge < -0.3 is 9.84 Å². The predicted molar refractivity (Wildman–Crippen MR) is 81.1 cm³/mol. The Morgan fingerprint density at radius 3 is 2.30 bits per heavy atom. The fourth-order valence-corrected chi connectivity index (χ4v) is 2.19. The molecular weight excluding hydrogens is 252 g/mol. The summed E-state index contributed by atoms with van der Waals surface area (Å²) in [5, 5.41) is 9.41. The first-order valence-electron chi connectivity index (χ1n) is 7.56. The van der Waals surface area contributed by atoms with Crippen molar-refractivity contribution < 1.29 is 14.6 Å². The number of unbranched alkanes of at least 4 members (excludes halogenated alkanes) is 5. The Morgan fingerprint density at radius 2 is 1.70 bits per heavy atom. The molecule has 3 heteroatoms. The van der Waals surface area contributed by atoms with Crippen molar-refractivity contribution in [2.75, 3.05) is 0 Å². The van der Waals surface area contributed by atoms with Crippen LogP contribution in [0.15, 0.2) is 30.3 Å². The lowest BCUT2D eigenvalue weighted by atomic mass is 9.97. The number of ether oxygens (including phenoxy) is 1. The Hall–Kier alpha value is -1.51. The van der Waals surface area contributed by atoms with Crippen LogP contribution in [-0.4, -0.2) is 16.7 Å². The smallest absolute Gasteiger partial charge is 0.347 e. The third kappa shape index (κ3) is 5.64. The Balaban J connectivity index is 2.44. The molecule has 0 aliphatic rings. The van der Waals surface area contributed by atoms with E-state index in [9.17, 15) is 9.90 Å². The van der Waals surface area contributed by atoms with Crippen LogP contribution in [0, 0.1) is 0 Å². The van der Waals surface area contributed by atoms with Crippen LogP contribution in [0.5, 0.6) is 5.75 Å². The summed E-state index contributed by atoms with van der Waals surface area (Å²) in [4.78, 5) is 11.5. The summed E-state index contributed by atoms with van der Waals surface area (Å²) in [6.45, 7) is 3.85. The van der Waals surface area contributed by atoms with Gasteiger partial charge in [-0.15, -0.1) is 0 Å². The minimum Gasteiger partial charge on any atom is -0.478 e. The lowest BCUT2D eigenvalue weighted by molar-refractivity contribution is -0.154. The molecule has 0 heterocycles. The molecule has 1 unspecified atom stereocenters. The number of carboxylic acid groups (broad SMARTS) is 1. The number of rotatable bonds is 10. The molecule has 0 saturated carbocycles. The fourth-order valence-electron chi connectivity index (χ4n) is 2.19. The zero-order valence-corrected chi connectivity index (χ0v) is 12.6. The molecule has 1 atom stereocenters. The van der Waals surface area contributed by atoms with Crippen molar-refractivity contribution in [3.63, 3.8) is 0 Å². The van der Waals surface area contributed by atoms with Gasteiger partial charge in [-0.05, 0) is 31.9 Å². The van der Waals surface area contributed by atoms with Gasteiger partial charge in [-0.3, -0.25) is 0 Å². The molecule has 1 aromatic rings. The second-order valence-electron chi connectivity index (χ2n) is 5.47. The standard InChI is InChI=1S/C17H26O3/c1-3-4-5-6-7-11-14-17(2,16(18)19)20-15-12-9-8-10-13-15/h8-10,12-13H,3-7,11,14H2,1-2H3,(H,18,19). The topological polar surface area (TPSA) is 46.5 Å². The van der Waals surface area contributed by atoms with E-state index in [1.807, 2.05) is 18.2 Å². The fraction of sp³-hybridized carbons (Fsp3) is 0.588. The van der Waals surface area contributed by atoms with E-state index in [0.29, 0.717) is 12.2 Å². The van der Waals surface area contributed by atoms with E-state index in [2.05, 4.69) is 6.92 Å². The highest BCUT2D eigenvalue weighted by molar-refractivity contribution is 5.77. The van der Waals surface area contributed by atoms with Gasteiger partial charge in [0.05, 0.1) is 0 Å². The summed E-state index contributed by atoms with van der Waals surface area (Å²) >= 11 is 0. The van der Waals surface area contributed by atoms with Crippen molar-refractivity contribution in [2.24, 2.45) is 0 Å². The third-order valence-corrected chi connectivity index (χ3v) is 3.55. The Morgan fingerprint density at radius 1 is 1.10 bits per heavy atom. The second kappa shape index (κ2) is 8.62. The van der Waals surface area contributed by atoms with Crippen LogP contribution in [0.4, 0.5) is 0 Å². The summed E-state index contributed by atoms with van der Waals surface area (Å²) in [5.41, 5.74) is -1.13. The maximum Gasteiger partial charge on any atom is 0.347 e. The summed E-state index contributed by atoms with van der Waals surface area (Å²) in [6, 6.07) is 9.17. The number of carboxylic acids is 1. The normalized spacial score (nSPS) is 13.7. The largest absolute Gasteiger partial charge is 0.478 e. The molecule has 0 aromatic heterocycles. The van der Waals surface area contributed by atoms with Gasteiger partial charge in [-0.1, -0.05) is 57.2 Å². The molecule has 3 nitrogen and oxygen atoms in total. The van der Waals surface area contributed by atoms with E-state index < -0.39 is 11.6 Å². The molecular formula is C17H26O3. The van der Waals surface area contributed by atoms with Crippen molar-refractivity contribution in [3.8, 4) is 5.75 Å². The molecule has 0 radical (unpaired) electrons. The van der Waals surface area contributed by atoms with Crippen molar-refractivity contribution >= 4 is 5.97 Å². The van der Waals surface area contributed by atoms with Crippen LogP contribution < -0.4 is 4.74 Å². The number of benzene rings is 1. The van der Waals surface area contributed by atoms with E-state index in [1.54, 1.807) is 19.1 Å². The number of para-hydroxylation sites is 1. The van der Waals surface area contributed by atoms with Gasteiger partial charge in [-0.2, -0.15) is 0 Å².